The third-order valence-corrected chi connectivity index (χ3v) is 2.79. The quantitative estimate of drug-likeness (QED) is 0.541. The van der Waals surface area contributed by atoms with Crippen LogP contribution in [0, 0.1) is 17.8 Å². The summed E-state index contributed by atoms with van der Waals surface area (Å²) in [6.45, 7) is 2.25. The monoisotopic (exact) mass is 136 g/mol. The topological polar surface area (TPSA) is 20.2 Å². The molecule has 0 aromatic heterocycles. The number of aliphatic hydroxyl groups excluding tert-OH is 1. The van der Waals surface area contributed by atoms with Crippen molar-refractivity contribution in [2.24, 2.45) is 17.8 Å². The molecule has 0 radical (unpaired) electrons. The Morgan fingerprint density at radius 2 is 2.30 bits per heavy atom. The van der Waals surface area contributed by atoms with E-state index >= 15 is 0 Å². The predicted octanol–water partition coefficient (Wildman–Crippen LogP) is 2.27. The second kappa shape index (κ2) is 1.88. The van der Waals surface area contributed by atoms with Crippen molar-refractivity contribution in [1.29, 1.82) is 0 Å². The highest BCUT2D eigenvalue weighted by atomic mass is 16.3. The van der Waals surface area contributed by atoms with Gasteiger partial charge in [0, 0.05) is 0 Å². The van der Waals surface area contributed by atoms with Gasteiger partial charge in [-0.05, 0) is 36.3 Å². The minimum absolute atomic E-state index is 0.455. The van der Waals surface area contributed by atoms with Crippen LogP contribution in [0.2, 0.25) is 0 Å². The maximum absolute atomic E-state index is 9.18. The van der Waals surface area contributed by atoms with Crippen LogP contribution in [0.25, 0.3) is 0 Å². The fourth-order valence-corrected chi connectivity index (χ4v) is 1.84. The Labute approximate surface area is 61.1 Å². The summed E-state index contributed by atoms with van der Waals surface area (Å²) in [5, 5.41) is 9.18. The van der Waals surface area contributed by atoms with E-state index in [2.05, 4.69) is 13.0 Å². The zero-order valence-corrected chi connectivity index (χ0v) is 6.12. The zero-order valence-electron chi connectivity index (χ0n) is 6.12. The van der Waals surface area contributed by atoms with Crippen molar-refractivity contribution in [3.63, 3.8) is 0 Å². The van der Waals surface area contributed by atoms with Crippen molar-refractivity contribution in [3.8, 4) is 0 Å². The molecule has 1 N–H and O–H groups in total. The van der Waals surface area contributed by atoms with Gasteiger partial charge >= 0.3 is 0 Å². The summed E-state index contributed by atoms with van der Waals surface area (Å²) in [5.41, 5.74) is 0. The second-order valence-electron chi connectivity index (χ2n) is 3.37. The van der Waals surface area contributed by atoms with Crippen LogP contribution in [0.5, 0.6) is 0 Å². The number of rotatable bonds is 0. The van der Waals surface area contributed by atoms with Crippen LogP contribution in [-0.2, 0) is 0 Å². The molecule has 0 saturated heterocycles. The van der Waals surface area contributed by atoms with Gasteiger partial charge < -0.3 is 5.11 Å². The van der Waals surface area contributed by atoms with E-state index in [9.17, 15) is 5.11 Å². The molecular formula is C9H12O. The maximum atomic E-state index is 9.18. The fourth-order valence-electron chi connectivity index (χ4n) is 1.84. The summed E-state index contributed by atoms with van der Waals surface area (Å²) in [6, 6.07) is 0. The smallest absolute Gasteiger partial charge is 0.111 e. The average molecular weight is 136 g/mol. The molecule has 54 valence electrons. The molecule has 3 aliphatic rings. The van der Waals surface area contributed by atoms with Gasteiger partial charge in [0.1, 0.15) is 5.76 Å². The summed E-state index contributed by atoms with van der Waals surface area (Å²) >= 11 is 0. The molecule has 1 saturated carbocycles. The Morgan fingerprint density at radius 1 is 1.50 bits per heavy atom. The van der Waals surface area contributed by atoms with Crippen LogP contribution in [0.4, 0.5) is 0 Å². The molecule has 1 heteroatoms. The Balaban J connectivity index is 2.26. The van der Waals surface area contributed by atoms with Gasteiger partial charge in [-0.1, -0.05) is 13.0 Å². The van der Waals surface area contributed by atoms with E-state index in [4.69, 9.17) is 0 Å². The van der Waals surface area contributed by atoms with Gasteiger partial charge in [-0.3, -0.25) is 0 Å². The van der Waals surface area contributed by atoms with E-state index in [0.29, 0.717) is 11.7 Å². The minimum Gasteiger partial charge on any atom is -0.508 e. The largest absolute Gasteiger partial charge is 0.508 e. The SMILES string of the molecule is CC1C2C=C(O)C=C[C@@H]1C2. The van der Waals surface area contributed by atoms with Gasteiger partial charge in [0.05, 0.1) is 0 Å². The summed E-state index contributed by atoms with van der Waals surface area (Å²) in [5.74, 6) is 2.57. The fraction of sp³-hybridized carbons (Fsp3) is 0.556. The molecule has 2 bridgehead atoms. The molecule has 3 rings (SSSR count). The molecule has 3 aliphatic carbocycles. The number of hydrogen-bond donors (Lipinski definition) is 1. The van der Waals surface area contributed by atoms with Crippen LogP contribution in [0.15, 0.2) is 24.0 Å². The van der Waals surface area contributed by atoms with Crippen molar-refractivity contribution in [3.05, 3.63) is 24.0 Å². The van der Waals surface area contributed by atoms with E-state index in [1.807, 2.05) is 12.2 Å². The lowest BCUT2D eigenvalue weighted by molar-refractivity contribution is 0.172. The third-order valence-electron chi connectivity index (χ3n) is 2.79. The molecule has 0 aliphatic heterocycles. The Kier molecular flexibility index (Phi) is 1.13. The van der Waals surface area contributed by atoms with Crippen LogP contribution in [0.3, 0.4) is 0 Å². The third kappa shape index (κ3) is 0.698. The first kappa shape index (κ1) is 6.02. The van der Waals surface area contributed by atoms with Gasteiger partial charge in [0.2, 0.25) is 0 Å². The summed E-state index contributed by atoms with van der Waals surface area (Å²) in [4.78, 5) is 0. The molecule has 1 nitrogen and oxygen atoms in total. The Morgan fingerprint density at radius 3 is 3.00 bits per heavy atom. The zero-order chi connectivity index (χ0) is 7.14. The number of fused-ring (bicyclic) bond motifs is 1. The number of hydrogen-bond acceptors (Lipinski definition) is 1. The summed E-state index contributed by atoms with van der Waals surface area (Å²) in [7, 11) is 0. The standard InChI is InChI=1S/C9H12O/c1-6-7-2-3-9(10)5-8(6)4-7/h2-3,5-8,10H,4H2,1H3/t6?,7-,8?/m1/s1. The molecule has 2 unspecified atom stereocenters. The van der Waals surface area contributed by atoms with Gasteiger partial charge in [-0.15, -0.1) is 0 Å². The highest BCUT2D eigenvalue weighted by molar-refractivity contribution is 5.21. The number of allylic oxidation sites excluding steroid dienone is 3. The van der Waals surface area contributed by atoms with E-state index < -0.39 is 0 Å². The first-order valence-electron chi connectivity index (χ1n) is 3.86. The van der Waals surface area contributed by atoms with Crippen molar-refractivity contribution < 1.29 is 5.11 Å². The van der Waals surface area contributed by atoms with E-state index in [-0.39, 0.29) is 0 Å². The second-order valence-corrected chi connectivity index (χ2v) is 3.37. The van der Waals surface area contributed by atoms with Crippen molar-refractivity contribution in [2.45, 2.75) is 13.3 Å². The predicted molar refractivity (Wildman–Crippen MR) is 40.6 cm³/mol. The molecule has 0 spiro atoms. The van der Waals surface area contributed by atoms with Crippen molar-refractivity contribution >= 4 is 0 Å². The maximum Gasteiger partial charge on any atom is 0.111 e. The summed E-state index contributed by atoms with van der Waals surface area (Å²) < 4.78 is 0. The lowest BCUT2D eigenvalue weighted by Gasteiger charge is -2.38. The van der Waals surface area contributed by atoms with Crippen LogP contribution in [-0.4, -0.2) is 5.11 Å². The Hall–Kier alpha value is -0.720. The highest BCUT2D eigenvalue weighted by Crippen LogP contribution is 2.44. The van der Waals surface area contributed by atoms with Crippen molar-refractivity contribution in [2.75, 3.05) is 0 Å². The molecule has 0 amide bonds. The molecule has 0 aromatic carbocycles. The first-order valence-corrected chi connectivity index (χ1v) is 3.86. The normalized spacial score (nSPS) is 43.7. The van der Waals surface area contributed by atoms with Crippen LogP contribution >= 0.6 is 0 Å². The van der Waals surface area contributed by atoms with Crippen molar-refractivity contribution in [1.82, 2.24) is 0 Å². The van der Waals surface area contributed by atoms with Gasteiger partial charge in [0.15, 0.2) is 0 Å². The lowest BCUT2D eigenvalue weighted by Crippen LogP contribution is -2.30. The van der Waals surface area contributed by atoms with Gasteiger partial charge in [-0.2, -0.15) is 0 Å². The van der Waals surface area contributed by atoms with E-state index in [0.717, 1.165) is 11.8 Å². The minimum atomic E-state index is 0.455. The number of aliphatic hydroxyl groups is 1. The average Bonchev–Trinajstić information content (AvgIpc) is 2.17. The molecule has 3 atom stereocenters. The van der Waals surface area contributed by atoms with Gasteiger partial charge in [0.25, 0.3) is 0 Å². The molecule has 1 fully saturated rings. The molecule has 0 aromatic rings. The molecular weight excluding hydrogens is 124 g/mol. The molecule has 10 heavy (non-hydrogen) atoms. The van der Waals surface area contributed by atoms with E-state index in [1.54, 1.807) is 0 Å². The lowest BCUT2D eigenvalue weighted by atomic mass is 9.66. The van der Waals surface area contributed by atoms with Crippen LogP contribution < -0.4 is 0 Å². The highest BCUT2D eigenvalue weighted by Gasteiger charge is 2.35. The first-order chi connectivity index (χ1) is 4.77. The van der Waals surface area contributed by atoms with Gasteiger partial charge in [-0.25, -0.2) is 0 Å². The molecule has 0 heterocycles. The Bertz CT molecular complexity index is 203. The van der Waals surface area contributed by atoms with E-state index in [1.165, 1.54) is 6.42 Å². The summed E-state index contributed by atoms with van der Waals surface area (Å²) in [6.07, 6.45) is 7.17. The van der Waals surface area contributed by atoms with Crippen LogP contribution in [0.1, 0.15) is 13.3 Å².